The van der Waals surface area contributed by atoms with Crippen molar-refractivity contribution in [1.29, 1.82) is 0 Å². The molecule has 0 spiro atoms. The van der Waals surface area contributed by atoms with Gasteiger partial charge < -0.3 is 10.4 Å². The number of anilines is 1. The van der Waals surface area contributed by atoms with Crippen molar-refractivity contribution in [3.8, 4) is 0 Å². The minimum Gasteiger partial charge on any atom is -0.478 e. The third kappa shape index (κ3) is 3.57. The fourth-order valence-electron chi connectivity index (χ4n) is 2.02. The number of carboxylic acids is 1. The van der Waals surface area contributed by atoms with Gasteiger partial charge in [0.2, 0.25) is 0 Å². The van der Waals surface area contributed by atoms with Gasteiger partial charge in [-0.25, -0.2) is 9.78 Å². The van der Waals surface area contributed by atoms with E-state index in [1.54, 1.807) is 23.5 Å². The van der Waals surface area contributed by atoms with Crippen LogP contribution in [-0.2, 0) is 6.42 Å². The van der Waals surface area contributed by atoms with E-state index in [1.807, 2.05) is 13.8 Å². The maximum atomic E-state index is 11.2. The van der Waals surface area contributed by atoms with Crippen LogP contribution in [0.25, 0.3) is 0 Å². The highest BCUT2D eigenvalue weighted by Gasteiger charge is 2.14. The molecule has 0 aliphatic rings. The Labute approximate surface area is 122 Å². The molecule has 4 nitrogen and oxygen atoms in total. The van der Waals surface area contributed by atoms with E-state index in [0.717, 1.165) is 12.1 Å². The maximum Gasteiger partial charge on any atom is 0.339 e. The molecule has 0 saturated heterocycles. The number of thiophene rings is 1. The van der Waals surface area contributed by atoms with Crippen molar-refractivity contribution < 1.29 is 9.90 Å². The van der Waals surface area contributed by atoms with Gasteiger partial charge in [-0.3, -0.25) is 0 Å². The van der Waals surface area contributed by atoms with Gasteiger partial charge in [0.15, 0.2) is 0 Å². The lowest BCUT2D eigenvalue weighted by Gasteiger charge is -2.15. The third-order valence-electron chi connectivity index (χ3n) is 2.95. The lowest BCUT2D eigenvalue weighted by molar-refractivity contribution is 0.0697. The van der Waals surface area contributed by atoms with Gasteiger partial charge >= 0.3 is 5.97 Å². The van der Waals surface area contributed by atoms with E-state index >= 15 is 0 Å². The first-order valence-corrected chi connectivity index (χ1v) is 7.30. The molecule has 0 saturated carbocycles. The van der Waals surface area contributed by atoms with Gasteiger partial charge in [0.1, 0.15) is 11.4 Å². The zero-order chi connectivity index (χ0) is 14.7. The first kappa shape index (κ1) is 14.5. The molecule has 0 aliphatic carbocycles. The molecule has 1 atom stereocenters. The number of hydrogen-bond donors (Lipinski definition) is 2. The summed E-state index contributed by atoms with van der Waals surface area (Å²) in [6, 6.07) is 7.64. The number of rotatable bonds is 5. The molecule has 0 fully saturated rings. The van der Waals surface area contributed by atoms with Crippen molar-refractivity contribution in [2.75, 3.05) is 5.32 Å². The SMILES string of the molecule is Cc1ccc(C(=O)O)c(NC(C)Cc2ccc(C)s2)n1. The third-order valence-corrected chi connectivity index (χ3v) is 3.97. The smallest absolute Gasteiger partial charge is 0.339 e. The molecule has 2 N–H and O–H groups in total. The van der Waals surface area contributed by atoms with Crippen molar-refractivity contribution in [2.45, 2.75) is 33.2 Å². The molecule has 20 heavy (non-hydrogen) atoms. The Morgan fingerprint density at radius 1 is 1.35 bits per heavy atom. The highest BCUT2D eigenvalue weighted by atomic mass is 32.1. The maximum absolute atomic E-state index is 11.2. The summed E-state index contributed by atoms with van der Waals surface area (Å²) >= 11 is 1.76. The second kappa shape index (κ2) is 6.05. The first-order chi connectivity index (χ1) is 9.45. The van der Waals surface area contributed by atoms with Crippen LogP contribution in [0.5, 0.6) is 0 Å². The molecule has 106 valence electrons. The Kier molecular flexibility index (Phi) is 4.39. The molecule has 2 rings (SSSR count). The normalized spacial score (nSPS) is 12.2. The van der Waals surface area contributed by atoms with Gasteiger partial charge in [-0.15, -0.1) is 11.3 Å². The number of aromatic nitrogens is 1. The molecule has 0 amide bonds. The van der Waals surface area contributed by atoms with Crippen LogP contribution in [-0.4, -0.2) is 22.1 Å². The van der Waals surface area contributed by atoms with Crippen LogP contribution in [0, 0.1) is 13.8 Å². The van der Waals surface area contributed by atoms with Crippen molar-refractivity contribution in [3.63, 3.8) is 0 Å². The summed E-state index contributed by atoms with van der Waals surface area (Å²) in [7, 11) is 0. The van der Waals surface area contributed by atoms with Gasteiger partial charge in [0.05, 0.1) is 0 Å². The zero-order valence-electron chi connectivity index (χ0n) is 11.8. The van der Waals surface area contributed by atoms with E-state index in [2.05, 4.69) is 29.4 Å². The van der Waals surface area contributed by atoms with E-state index in [0.29, 0.717) is 5.82 Å². The second-order valence-corrected chi connectivity index (χ2v) is 6.29. The van der Waals surface area contributed by atoms with E-state index < -0.39 is 5.97 Å². The molecule has 5 heteroatoms. The summed E-state index contributed by atoms with van der Waals surface area (Å²) in [6.07, 6.45) is 0.854. The van der Waals surface area contributed by atoms with Gasteiger partial charge in [-0.1, -0.05) is 0 Å². The predicted molar refractivity (Wildman–Crippen MR) is 81.8 cm³/mol. The average molecular weight is 290 g/mol. The molecule has 0 aromatic carbocycles. The lowest BCUT2D eigenvalue weighted by Crippen LogP contribution is -2.20. The Bertz CT molecular complexity index is 622. The minimum absolute atomic E-state index is 0.125. The molecular formula is C15H18N2O2S. The van der Waals surface area contributed by atoms with Gasteiger partial charge in [0, 0.05) is 27.9 Å². The fourth-order valence-corrected chi connectivity index (χ4v) is 3.04. The summed E-state index contributed by atoms with van der Waals surface area (Å²) in [5.74, 6) is -0.516. The van der Waals surface area contributed by atoms with Gasteiger partial charge in [-0.05, 0) is 45.0 Å². The molecule has 2 heterocycles. The van der Waals surface area contributed by atoms with Crippen LogP contribution in [0.4, 0.5) is 5.82 Å². The lowest BCUT2D eigenvalue weighted by atomic mass is 10.2. The molecule has 0 bridgehead atoms. The van der Waals surface area contributed by atoms with E-state index in [-0.39, 0.29) is 11.6 Å². The van der Waals surface area contributed by atoms with Crippen molar-refractivity contribution in [1.82, 2.24) is 4.98 Å². The Balaban J connectivity index is 2.12. The number of nitrogens with zero attached hydrogens (tertiary/aromatic N) is 1. The Morgan fingerprint density at radius 3 is 2.70 bits per heavy atom. The summed E-state index contributed by atoms with van der Waals surface area (Å²) in [4.78, 5) is 18.1. The molecule has 2 aromatic heterocycles. The number of aryl methyl sites for hydroxylation is 2. The summed E-state index contributed by atoms with van der Waals surface area (Å²) in [6.45, 7) is 5.96. The molecule has 2 aromatic rings. The van der Waals surface area contributed by atoms with E-state index in [9.17, 15) is 9.90 Å². The quantitative estimate of drug-likeness (QED) is 0.884. The topological polar surface area (TPSA) is 62.2 Å². The van der Waals surface area contributed by atoms with Gasteiger partial charge in [-0.2, -0.15) is 0 Å². The highest BCUT2D eigenvalue weighted by Crippen LogP contribution is 2.19. The highest BCUT2D eigenvalue weighted by molar-refractivity contribution is 7.11. The van der Waals surface area contributed by atoms with Crippen LogP contribution in [0.2, 0.25) is 0 Å². The number of hydrogen-bond acceptors (Lipinski definition) is 4. The van der Waals surface area contributed by atoms with Crippen molar-refractivity contribution in [2.24, 2.45) is 0 Å². The predicted octanol–water partition coefficient (Wildman–Crippen LogP) is 3.50. The molecule has 1 unspecified atom stereocenters. The van der Waals surface area contributed by atoms with Crippen LogP contribution in [0.1, 0.15) is 32.7 Å². The molecule has 0 aliphatic heterocycles. The van der Waals surface area contributed by atoms with Crippen LogP contribution < -0.4 is 5.32 Å². The second-order valence-electron chi connectivity index (χ2n) is 4.92. The Morgan fingerprint density at radius 2 is 2.10 bits per heavy atom. The first-order valence-electron chi connectivity index (χ1n) is 6.48. The molecule has 0 radical (unpaired) electrons. The number of carbonyl (C=O) groups is 1. The van der Waals surface area contributed by atoms with E-state index in [1.165, 1.54) is 9.75 Å². The van der Waals surface area contributed by atoms with Crippen LogP contribution in [0.3, 0.4) is 0 Å². The van der Waals surface area contributed by atoms with Gasteiger partial charge in [0.25, 0.3) is 0 Å². The molecular weight excluding hydrogens is 272 g/mol. The number of nitrogens with one attached hydrogen (secondary N) is 1. The van der Waals surface area contributed by atoms with Crippen LogP contribution >= 0.6 is 11.3 Å². The average Bonchev–Trinajstić information content (AvgIpc) is 2.74. The summed E-state index contributed by atoms with van der Waals surface area (Å²) in [5, 5.41) is 12.4. The zero-order valence-corrected chi connectivity index (χ0v) is 12.6. The van der Waals surface area contributed by atoms with Crippen molar-refractivity contribution in [3.05, 3.63) is 45.3 Å². The largest absolute Gasteiger partial charge is 0.478 e. The monoisotopic (exact) mass is 290 g/mol. The summed E-state index contributed by atoms with van der Waals surface area (Å²) in [5.41, 5.74) is 1.02. The summed E-state index contributed by atoms with van der Waals surface area (Å²) < 4.78 is 0. The fraction of sp³-hybridized carbons (Fsp3) is 0.333. The van der Waals surface area contributed by atoms with Crippen LogP contribution in [0.15, 0.2) is 24.3 Å². The number of aromatic carboxylic acids is 1. The standard InChI is InChI=1S/C15H18N2O2S/c1-9-4-7-13(15(18)19)14(16-9)17-10(2)8-12-6-5-11(3)20-12/h4-7,10H,8H2,1-3H3,(H,16,17)(H,18,19). The number of carboxylic acid groups (broad SMARTS) is 1. The van der Waals surface area contributed by atoms with E-state index in [4.69, 9.17) is 0 Å². The van der Waals surface area contributed by atoms with Crippen molar-refractivity contribution >= 4 is 23.1 Å². The minimum atomic E-state index is -0.959. The number of pyridine rings is 1. The Hall–Kier alpha value is -1.88.